The van der Waals surface area contributed by atoms with Gasteiger partial charge in [0.25, 0.3) is 0 Å². The van der Waals surface area contributed by atoms with E-state index in [1.165, 1.54) is 23.1 Å². The fourth-order valence-corrected chi connectivity index (χ4v) is 4.81. The Bertz CT molecular complexity index is 1110. The van der Waals surface area contributed by atoms with Crippen LogP contribution in [0.5, 0.6) is 0 Å². The minimum Gasteiger partial charge on any atom is -0.340 e. The van der Waals surface area contributed by atoms with E-state index in [-0.39, 0.29) is 56.4 Å². The molecule has 33 heavy (non-hydrogen) atoms. The molecule has 1 fully saturated rings. The van der Waals surface area contributed by atoms with Gasteiger partial charge in [0.1, 0.15) is 5.82 Å². The lowest BCUT2D eigenvalue weighted by atomic mass is 10.1. The fourth-order valence-electron chi connectivity index (χ4n) is 3.32. The molecule has 0 radical (unpaired) electrons. The van der Waals surface area contributed by atoms with Gasteiger partial charge in [0.15, 0.2) is 0 Å². The number of hydrogen-bond donors (Lipinski definition) is 0. The number of alkyl halides is 6. The van der Waals surface area contributed by atoms with Crippen LogP contribution >= 0.6 is 0 Å². The van der Waals surface area contributed by atoms with Crippen molar-refractivity contribution >= 4 is 15.9 Å². The van der Waals surface area contributed by atoms with Crippen LogP contribution in [0.1, 0.15) is 16.7 Å². The average Bonchev–Trinajstić information content (AvgIpc) is 2.74. The standard InChI is InChI=1S/C20H17F7N2O3S/c21-17-4-2-1-3-13(17)9-18(30)28-5-7-29(8-6-28)33(31,32)16-11-14(19(22,23)24)10-15(12-16)20(25,26)27/h1-4,10-12H,5-9H2. The number of amides is 1. The zero-order chi connectivity index (χ0) is 24.6. The summed E-state index contributed by atoms with van der Waals surface area (Å²) in [7, 11) is -4.71. The maximum atomic E-state index is 13.7. The predicted molar refractivity (Wildman–Crippen MR) is 102 cm³/mol. The average molecular weight is 498 g/mol. The number of benzene rings is 2. The van der Waals surface area contributed by atoms with E-state index in [2.05, 4.69) is 0 Å². The van der Waals surface area contributed by atoms with E-state index in [1.54, 1.807) is 6.07 Å². The zero-order valence-electron chi connectivity index (χ0n) is 16.8. The van der Waals surface area contributed by atoms with Crippen LogP contribution in [0.3, 0.4) is 0 Å². The number of carbonyl (C=O) groups is 1. The molecule has 0 aliphatic carbocycles. The Morgan fingerprint density at radius 1 is 0.848 bits per heavy atom. The minimum atomic E-state index is -5.19. The van der Waals surface area contributed by atoms with Crippen molar-refractivity contribution in [3.05, 3.63) is 65.0 Å². The van der Waals surface area contributed by atoms with Gasteiger partial charge in [-0.25, -0.2) is 12.8 Å². The summed E-state index contributed by atoms with van der Waals surface area (Å²) in [6.45, 7) is -0.999. The number of hydrogen-bond acceptors (Lipinski definition) is 3. The second-order valence-corrected chi connectivity index (χ2v) is 9.23. The summed E-state index contributed by atoms with van der Waals surface area (Å²) in [5.41, 5.74) is -3.34. The highest BCUT2D eigenvalue weighted by Crippen LogP contribution is 2.37. The van der Waals surface area contributed by atoms with Crippen LogP contribution in [0.15, 0.2) is 47.4 Å². The first-order chi connectivity index (χ1) is 15.2. The van der Waals surface area contributed by atoms with Crippen LogP contribution < -0.4 is 0 Å². The molecule has 0 N–H and O–H groups in total. The quantitative estimate of drug-likeness (QED) is 0.601. The van der Waals surface area contributed by atoms with Gasteiger partial charge in [0.05, 0.1) is 22.4 Å². The number of rotatable bonds is 4. The van der Waals surface area contributed by atoms with E-state index in [1.807, 2.05) is 0 Å². The molecule has 0 spiro atoms. The third-order valence-electron chi connectivity index (χ3n) is 5.09. The summed E-state index contributed by atoms with van der Waals surface area (Å²) in [4.78, 5) is 12.5. The Balaban J connectivity index is 1.78. The van der Waals surface area contributed by atoms with E-state index in [0.717, 1.165) is 4.31 Å². The maximum Gasteiger partial charge on any atom is 0.416 e. The Morgan fingerprint density at radius 3 is 1.85 bits per heavy atom. The van der Waals surface area contributed by atoms with E-state index in [4.69, 9.17) is 0 Å². The topological polar surface area (TPSA) is 57.7 Å². The van der Waals surface area contributed by atoms with Crippen LogP contribution in [0, 0.1) is 5.82 Å². The molecule has 0 atom stereocenters. The third kappa shape index (κ3) is 5.64. The third-order valence-corrected chi connectivity index (χ3v) is 6.97. The summed E-state index contributed by atoms with van der Waals surface area (Å²) in [5, 5.41) is 0. The van der Waals surface area contributed by atoms with Crippen LogP contribution in [-0.4, -0.2) is 49.7 Å². The summed E-state index contributed by atoms with van der Waals surface area (Å²) in [6, 6.07) is 5.74. The maximum absolute atomic E-state index is 13.7. The molecule has 3 rings (SSSR count). The Morgan fingerprint density at radius 2 is 1.36 bits per heavy atom. The molecule has 2 aromatic rings. The number of halogens is 7. The summed E-state index contributed by atoms with van der Waals surface area (Å²) in [6.07, 6.45) is -10.7. The van der Waals surface area contributed by atoms with Crippen LogP contribution in [0.4, 0.5) is 30.7 Å². The van der Waals surface area contributed by atoms with Gasteiger partial charge in [-0.2, -0.15) is 30.6 Å². The van der Waals surface area contributed by atoms with Gasteiger partial charge in [0, 0.05) is 26.2 Å². The molecule has 0 bridgehead atoms. The highest BCUT2D eigenvalue weighted by Gasteiger charge is 2.39. The summed E-state index contributed by atoms with van der Waals surface area (Å²) >= 11 is 0. The predicted octanol–water partition coefficient (Wildman–Crippen LogP) is 3.94. The lowest BCUT2D eigenvalue weighted by Crippen LogP contribution is -2.50. The molecule has 1 aliphatic rings. The Hall–Kier alpha value is -2.67. The first kappa shape index (κ1) is 25.0. The minimum absolute atomic E-state index is 0.140. The van der Waals surface area contributed by atoms with Gasteiger partial charge in [-0.3, -0.25) is 4.79 Å². The second kappa shape index (κ2) is 8.93. The molecule has 0 unspecified atom stereocenters. The van der Waals surface area contributed by atoms with Crippen LogP contribution in [0.2, 0.25) is 0 Å². The molecule has 1 heterocycles. The number of sulfonamides is 1. The van der Waals surface area contributed by atoms with Gasteiger partial charge >= 0.3 is 12.4 Å². The normalized spacial score (nSPS) is 16.2. The number of carbonyl (C=O) groups excluding carboxylic acids is 1. The first-order valence-electron chi connectivity index (χ1n) is 9.50. The molecule has 1 aliphatic heterocycles. The monoisotopic (exact) mass is 498 g/mol. The lowest BCUT2D eigenvalue weighted by Gasteiger charge is -2.34. The van der Waals surface area contributed by atoms with Gasteiger partial charge in [-0.15, -0.1) is 0 Å². The second-order valence-electron chi connectivity index (χ2n) is 7.29. The summed E-state index contributed by atoms with van der Waals surface area (Å²) < 4.78 is 118. The Labute approximate surface area is 184 Å². The zero-order valence-corrected chi connectivity index (χ0v) is 17.6. The smallest absolute Gasteiger partial charge is 0.340 e. The van der Waals surface area contributed by atoms with Crippen molar-refractivity contribution in [3.63, 3.8) is 0 Å². The van der Waals surface area contributed by atoms with Crippen LogP contribution in [-0.2, 0) is 33.6 Å². The van der Waals surface area contributed by atoms with Crippen molar-refractivity contribution in [3.8, 4) is 0 Å². The van der Waals surface area contributed by atoms with Crippen molar-refractivity contribution in [1.29, 1.82) is 0 Å². The highest BCUT2D eigenvalue weighted by molar-refractivity contribution is 7.89. The molecule has 0 saturated carbocycles. The number of piperazine rings is 1. The van der Waals surface area contributed by atoms with E-state index >= 15 is 0 Å². The molecular weight excluding hydrogens is 481 g/mol. The molecule has 0 aromatic heterocycles. The SMILES string of the molecule is O=C(Cc1ccccc1F)N1CCN(S(=O)(=O)c2cc(C(F)(F)F)cc(C(F)(F)F)c2)CC1. The fraction of sp³-hybridized carbons (Fsp3) is 0.350. The van der Waals surface area contributed by atoms with Crippen molar-refractivity contribution < 1.29 is 43.9 Å². The molecule has 1 saturated heterocycles. The molecule has 13 heteroatoms. The van der Waals surface area contributed by atoms with Gasteiger partial charge in [-0.05, 0) is 29.8 Å². The molecule has 180 valence electrons. The molecule has 2 aromatic carbocycles. The van der Waals surface area contributed by atoms with Crippen molar-refractivity contribution in [2.24, 2.45) is 0 Å². The lowest BCUT2D eigenvalue weighted by molar-refractivity contribution is -0.143. The van der Waals surface area contributed by atoms with Gasteiger partial charge < -0.3 is 4.90 Å². The largest absolute Gasteiger partial charge is 0.416 e. The first-order valence-corrected chi connectivity index (χ1v) is 10.9. The number of nitrogens with zero attached hydrogens (tertiary/aromatic N) is 2. The molecule has 1 amide bonds. The van der Waals surface area contributed by atoms with E-state index < -0.39 is 50.1 Å². The highest BCUT2D eigenvalue weighted by atomic mass is 32.2. The molecular formula is C20H17F7N2O3S. The molecule has 5 nitrogen and oxygen atoms in total. The van der Waals surface area contributed by atoms with E-state index in [9.17, 15) is 43.9 Å². The Kier molecular flexibility index (Phi) is 6.76. The summed E-state index contributed by atoms with van der Waals surface area (Å²) in [5.74, 6) is -1.08. The van der Waals surface area contributed by atoms with Crippen molar-refractivity contribution in [2.75, 3.05) is 26.2 Å². The van der Waals surface area contributed by atoms with Crippen LogP contribution in [0.25, 0.3) is 0 Å². The van der Waals surface area contributed by atoms with Crippen molar-refractivity contribution in [1.82, 2.24) is 9.21 Å². The van der Waals surface area contributed by atoms with Gasteiger partial charge in [-0.1, -0.05) is 18.2 Å². The van der Waals surface area contributed by atoms with Crippen molar-refractivity contribution in [2.45, 2.75) is 23.7 Å². The van der Waals surface area contributed by atoms with Gasteiger partial charge in [0.2, 0.25) is 15.9 Å². The van der Waals surface area contributed by atoms with E-state index in [0.29, 0.717) is 0 Å².